The van der Waals surface area contributed by atoms with Crippen LogP contribution in [0.4, 0.5) is 0 Å². The number of imidazole rings is 1. The Labute approximate surface area is 77.7 Å². The summed E-state index contributed by atoms with van der Waals surface area (Å²) in [6, 6.07) is 0.0925. The molecule has 1 fully saturated rings. The van der Waals surface area contributed by atoms with Crippen molar-refractivity contribution in [1.29, 1.82) is 0 Å². The Morgan fingerprint density at radius 2 is 2.54 bits per heavy atom. The van der Waals surface area contributed by atoms with Gasteiger partial charge in [0.15, 0.2) is 0 Å². The van der Waals surface area contributed by atoms with Crippen molar-refractivity contribution in [2.75, 3.05) is 6.61 Å². The van der Waals surface area contributed by atoms with E-state index >= 15 is 0 Å². The fourth-order valence-electron chi connectivity index (χ4n) is 1.72. The van der Waals surface area contributed by atoms with Gasteiger partial charge in [0, 0.05) is 32.1 Å². The maximum atomic E-state index is 5.96. The molecule has 0 aliphatic carbocycles. The molecule has 0 bridgehead atoms. The van der Waals surface area contributed by atoms with E-state index in [4.69, 9.17) is 10.5 Å². The van der Waals surface area contributed by atoms with Gasteiger partial charge in [0.05, 0.1) is 0 Å². The molecule has 1 aromatic heterocycles. The minimum Gasteiger partial charge on any atom is -0.369 e. The SMILES string of the molecule is Cn1ccnc1[C@@H]1OCCC[C@H]1N. The molecule has 0 unspecified atom stereocenters. The van der Waals surface area contributed by atoms with E-state index in [2.05, 4.69) is 4.98 Å². The Kier molecular flexibility index (Phi) is 2.33. The summed E-state index contributed by atoms with van der Waals surface area (Å²) >= 11 is 0. The molecule has 0 spiro atoms. The third kappa shape index (κ3) is 1.59. The van der Waals surface area contributed by atoms with Gasteiger partial charge in [-0.05, 0) is 12.8 Å². The monoisotopic (exact) mass is 181 g/mol. The van der Waals surface area contributed by atoms with Crippen LogP contribution in [-0.2, 0) is 11.8 Å². The maximum Gasteiger partial charge on any atom is 0.139 e. The smallest absolute Gasteiger partial charge is 0.139 e. The van der Waals surface area contributed by atoms with Crippen molar-refractivity contribution < 1.29 is 4.74 Å². The van der Waals surface area contributed by atoms with Crippen LogP contribution >= 0.6 is 0 Å². The number of hydrogen-bond acceptors (Lipinski definition) is 3. The fraction of sp³-hybridized carbons (Fsp3) is 0.667. The van der Waals surface area contributed by atoms with E-state index in [9.17, 15) is 0 Å². The molecular weight excluding hydrogens is 166 g/mol. The predicted octanol–water partition coefficient (Wildman–Crippen LogP) is 0.599. The second-order valence-corrected chi connectivity index (χ2v) is 3.49. The Bertz CT molecular complexity index is 284. The molecule has 0 saturated carbocycles. The largest absolute Gasteiger partial charge is 0.369 e. The summed E-state index contributed by atoms with van der Waals surface area (Å²) in [6.45, 7) is 0.797. The van der Waals surface area contributed by atoms with Crippen LogP contribution in [0, 0.1) is 0 Å². The van der Waals surface area contributed by atoms with Crippen molar-refractivity contribution in [1.82, 2.24) is 9.55 Å². The van der Waals surface area contributed by atoms with Crippen LogP contribution < -0.4 is 5.73 Å². The van der Waals surface area contributed by atoms with Crippen molar-refractivity contribution in [3.8, 4) is 0 Å². The first-order valence-corrected chi connectivity index (χ1v) is 4.63. The number of ether oxygens (including phenoxy) is 1. The zero-order chi connectivity index (χ0) is 9.26. The molecule has 1 aliphatic heterocycles. The van der Waals surface area contributed by atoms with Gasteiger partial charge in [-0.15, -0.1) is 0 Å². The highest BCUT2D eigenvalue weighted by atomic mass is 16.5. The van der Waals surface area contributed by atoms with Crippen molar-refractivity contribution in [2.24, 2.45) is 12.8 Å². The second-order valence-electron chi connectivity index (χ2n) is 3.49. The number of nitrogens with two attached hydrogens (primary N) is 1. The molecule has 0 amide bonds. The van der Waals surface area contributed by atoms with Crippen molar-refractivity contribution in [2.45, 2.75) is 25.0 Å². The third-order valence-corrected chi connectivity index (χ3v) is 2.48. The molecule has 2 rings (SSSR count). The van der Waals surface area contributed by atoms with Crippen molar-refractivity contribution >= 4 is 0 Å². The van der Waals surface area contributed by atoms with E-state index in [0.717, 1.165) is 25.3 Å². The molecule has 1 saturated heterocycles. The van der Waals surface area contributed by atoms with E-state index in [0.29, 0.717) is 0 Å². The molecule has 4 nitrogen and oxygen atoms in total. The summed E-state index contributed by atoms with van der Waals surface area (Å²) in [5.74, 6) is 0.937. The lowest BCUT2D eigenvalue weighted by Gasteiger charge is -2.28. The lowest BCUT2D eigenvalue weighted by molar-refractivity contribution is -0.00670. The third-order valence-electron chi connectivity index (χ3n) is 2.48. The first kappa shape index (κ1) is 8.72. The van der Waals surface area contributed by atoms with Gasteiger partial charge in [0.1, 0.15) is 11.9 Å². The van der Waals surface area contributed by atoms with E-state index in [1.54, 1.807) is 6.20 Å². The number of aryl methyl sites for hydroxylation is 1. The van der Waals surface area contributed by atoms with Crippen LogP contribution in [0.3, 0.4) is 0 Å². The molecule has 1 aliphatic rings. The van der Waals surface area contributed by atoms with Gasteiger partial charge < -0.3 is 15.0 Å². The molecule has 1 aromatic rings. The summed E-state index contributed by atoms with van der Waals surface area (Å²) in [5.41, 5.74) is 5.96. The molecular formula is C9H15N3O. The summed E-state index contributed by atoms with van der Waals surface area (Å²) < 4.78 is 7.58. The van der Waals surface area contributed by atoms with E-state index in [1.165, 1.54) is 0 Å². The van der Waals surface area contributed by atoms with Gasteiger partial charge in [-0.25, -0.2) is 4.98 Å². The normalized spacial score (nSPS) is 29.1. The minimum atomic E-state index is -0.0197. The Balaban J connectivity index is 2.19. The summed E-state index contributed by atoms with van der Waals surface area (Å²) in [5, 5.41) is 0. The second kappa shape index (κ2) is 3.47. The predicted molar refractivity (Wildman–Crippen MR) is 49.1 cm³/mol. The molecule has 4 heteroatoms. The van der Waals surface area contributed by atoms with Gasteiger partial charge in [-0.1, -0.05) is 0 Å². The number of nitrogens with zero attached hydrogens (tertiary/aromatic N) is 2. The maximum absolute atomic E-state index is 5.96. The molecule has 0 radical (unpaired) electrons. The first-order chi connectivity index (χ1) is 6.29. The average Bonchev–Trinajstić information content (AvgIpc) is 2.52. The fourth-order valence-corrected chi connectivity index (χ4v) is 1.72. The number of rotatable bonds is 1. The van der Waals surface area contributed by atoms with Gasteiger partial charge in [-0.2, -0.15) is 0 Å². The van der Waals surface area contributed by atoms with Crippen LogP contribution in [0.2, 0.25) is 0 Å². The van der Waals surface area contributed by atoms with Crippen LogP contribution in [0.15, 0.2) is 12.4 Å². The van der Waals surface area contributed by atoms with Gasteiger partial charge in [0.2, 0.25) is 0 Å². The molecule has 0 aromatic carbocycles. The lowest BCUT2D eigenvalue weighted by atomic mass is 10.0. The summed E-state index contributed by atoms with van der Waals surface area (Å²) in [7, 11) is 1.97. The Morgan fingerprint density at radius 1 is 1.69 bits per heavy atom. The van der Waals surface area contributed by atoms with Crippen molar-refractivity contribution in [3.05, 3.63) is 18.2 Å². The van der Waals surface area contributed by atoms with Crippen LogP contribution in [0.5, 0.6) is 0 Å². The minimum absolute atomic E-state index is 0.0197. The molecule has 2 heterocycles. The summed E-state index contributed by atoms with van der Waals surface area (Å²) in [6.07, 6.45) is 5.76. The molecule has 13 heavy (non-hydrogen) atoms. The molecule has 2 N–H and O–H groups in total. The van der Waals surface area contributed by atoms with Gasteiger partial charge >= 0.3 is 0 Å². The zero-order valence-electron chi connectivity index (χ0n) is 7.81. The first-order valence-electron chi connectivity index (χ1n) is 4.63. The van der Waals surface area contributed by atoms with Gasteiger partial charge in [0.25, 0.3) is 0 Å². The highest BCUT2D eigenvalue weighted by Crippen LogP contribution is 2.25. The van der Waals surface area contributed by atoms with Crippen molar-refractivity contribution in [3.63, 3.8) is 0 Å². The van der Waals surface area contributed by atoms with Crippen LogP contribution in [0.25, 0.3) is 0 Å². The highest BCUT2D eigenvalue weighted by molar-refractivity contribution is 5.00. The topological polar surface area (TPSA) is 53.1 Å². The lowest BCUT2D eigenvalue weighted by Crippen LogP contribution is -2.35. The standard InChI is InChI=1S/C9H15N3O/c1-12-5-4-11-9(12)8-7(10)3-2-6-13-8/h4-5,7-8H,2-3,6,10H2,1H3/t7-,8-/m1/s1. The zero-order valence-corrected chi connectivity index (χ0v) is 7.81. The number of hydrogen-bond donors (Lipinski definition) is 1. The van der Waals surface area contributed by atoms with Crippen LogP contribution in [0.1, 0.15) is 24.8 Å². The van der Waals surface area contributed by atoms with E-state index in [1.807, 2.05) is 17.8 Å². The average molecular weight is 181 g/mol. The number of aromatic nitrogens is 2. The van der Waals surface area contributed by atoms with E-state index in [-0.39, 0.29) is 12.1 Å². The van der Waals surface area contributed by atoms with Crippen LogP contribution in [-0.4, -0.2) is 22.2 Å². The molecule has 2 atom stereocenters. The quantitative estimate of drug-likeness (QED) is 0.690. The molecule has 72 valence electrons. The van der Waals surface area contributed by atoms with E-state index < -0.39 is 0 Å². The van der Waals surface area contributed by atoms with Gasteiger partial charge in [-0.3, -0.25) is 0 Å². The summed E-state index contributed by atoms with van der Waals surface area (Å²) in [4.78, 5) is 4.25. The Hall–Kier alpha value is -0.870. The Morgan fingerprint density at radius 3 is 3.15 bits per heavy atom. The highest BCUT2D eigenvalue weighted by Gasteiger charge is 2.26.